The molecule has 16 heavy (non-hydrogen) atoms. The van der Waals surface area contributed by atoms with E-state index in [-0.39, 0.29) is 19.3 Å². The van der Waals surface area contributed by atoms with Crippen LogP contribution in [0.4, 0.5) is 8.78 Å². The maximum atomic E-state index is 12.5. The van der Waals surface area contributed by atoms with Gasteiger partial charge in [-0.1, -0.05) is 38.5 Å². The number of unbranched alkanes of at least 4 members (excludes halogenated alkanes) is 7. The van der Waals surface area contributed by atoms with E-state index in [9.17, 15) is 13.6 Å². The van der Waals surface area contributed by atoms with Crippen LogP contribution in [0.3, 0.4) is 0 Å². The molecule has 0 fully saturated rings. The summed E-state index contributed by atoms with van der Waals surface area (Å²) >= 11 is 0. The molecule has 0 radical (unpaired) electrons. The molecule has 0 unspecified atom stereocenters. The molecule has 0 bridgehead atoms. The van der Waals surface area contributed by atoms with Crippen LogP contribution < -0.4 is 0 Å². The summed E-state index contributed by atoms with van der Waals surface area (Å²) in [5.74, 6) is -3.12. The van der Waals surface area contributed by atoms with E-state index in [1.165, 1.54) is 0 Å². The van der Waals surface area contributed by atoms with Gasteiger partial charge in [0, 0.05) is 13.0 Å². The summed E-state index contributed by atoms with van der Waals surface area (Å²) in [5.41, 5.74) is 0. The first-order valence-electron chi connectivity index (χ1n) is 6.07. The van der Waals surface area contributed by atoms with E-state index in [0.717, 1.165) is 44.9 Å². The highest BCUT2D eigenvalue weighted by molar-refractivity contribution is 5.59. The third-order valence-corrected chi connectivity index (χ3v) is 2.59. The van der Waals surface area contributed by atoms with E-state index >= 15 is 0 Å². The second kappa shape index (κ2) is 9.70. The molecule has 0 aromatic rings. The maximum Gasteiger partial charge on any atom is 0.302 e. The van der Waals surface area contributed by atoms with Gasteiger partial charge in [0.25, 0.3) is 0 Å². The number of aliphatic hydroxyl groups is 1. The quantitative estimate of drug-likeness (QED) is 0.441. The van der Waals surface area contributed by atoms with Gasteiger partial charge in [-0.3, -0.25) is 4.79 Å². The van der Waals surface area contributed by atoms with Crippen molar-refractivity contribution in [2.45, 2.75) is 63.7 Å². The predicted molar refractivity (Wildman–Crippen MR) is 59.6 cm³/mol. The molecular formula is C12H22F2O2. The molecule has 1 N–H and O–H groups in total. The second-order valence-electron chi connectivity index (χ2n) is 4.18. The lowest BCUT2D eigenvalue weighted by Crippen LogP contribution is -2.16. The highest BCUT2D eigenvalue weighted by Gasteiger charge is 2.26. The largest absolute Gasteiger partial charge is 0.396 e. The van der Waals surface area contributed by atoms with Crippen LogP contribution in [0, 0.1) is 0 Å². The van der Waals surface area contributed by atoms with Gasteiger partial charge in [-0.05, 0) is 12.8 Å². The Labute approximate surface area is 96.0 Å². The van der Waals surface area contributed by atoms with E-state index in [2.05, 4.69) is 0 Å². The fourth-order valence-electron chi connectivity index (χ4n) is 1.59. The van der Waals surface area contributed by atoms with Crippen LogP contribution >= 0.6 is 0 Å². The van der Waals surface area contributed by atoms with Crippen LogP contribution in [-0.4, -0.2) is 23.9 Å². The average molecular weight is 236 g/mol. The van der Waals surface area contributed by atoms with Gasteiger partial charge in [-0.25, -0.2) is 0 Å². The van der Waals surface area contributed by atoms with Gasteiger partial charge in [0.1, 0.15) is 0 Å². The van der Waals surface area contributed by atoms with Gasteiger partial charge in [-0.2, -0.15) is 8.78 Å². The highest BCUT2D eigenvalue weighted by atomic mass is 19.3. The molecule has 0 aliphatic rings. The Morgan fingerprint density at radius 3 is 1.75 bits per heavy atom. The van der Waals surface area contributed by atoms with Crippen molar-refractivity contribution in [1.29, 1.82) is 0 Å². The fourth-order valence-corrected chi connectivity index (χ4v) is 1.59. The van der Waals surface area contributed by atoms with Crippen molar-refractivity contribution in [3.8, 4) is 0 Å². The van der Waals surface area contributed by atoms with Crippen molar-refractivity contribution < 1.29 is 18.7 Å². The normalized spacial score (nSPS) is 11.7. The van der Waals surface area contributed by atoms with Crippen LogP contribution in [0.2, 0.25) is 0 Å². The molecule has 0 saturated heterocycles. The van der Waals surface area contributed by atoms with Crippen molar-refractivity contribution in [1.82, 2.24) is 0 Å². The minimum absolute atomic E-state index is 0.251. The molecule has 0 aliphatic heterocycles. The summed E-state index contributed by atoms with van der Waals surface area (Å²) in [6, 6.07) is 0. The zero-order chi connectivity index (χ0) is 12.3. The third-order valence-electron chi connectivity index (χ3n) is 2.59. The molecule has 0 atom stereocenters. The number of alkyl halides is 2. The summed E-state index contributed by atoms with van der Waals surface area (Å²) in [5, 5.41) is 8.54. The molecule has 0 saturated carbocycles. The molecule has 0 spiro atoms. The lowest BCUT2D eigenvalue weighted by atomic mass is 10.1. The molecule has 0 rings (SSSR count). The summed E-state index contributed by atoms with van der Waals surface area (Å²) in [6.07, 6.45) is 6.71. The highest BCUT2D eigenvalue weighted by Crippen LogP contribution is 2.19. The van der Waals surface area contributed by atoms with Crippen LogP contribution in [0.5, 0.6) is 0 Å². The Kier molecular flexibility index (Phi) is 9.39. The van der Waals surface area contributed by atoms with Gasteiger partial charge in [0.15, 0.2) is 6.29 Å². The van der Waals surface area contributed by atoms with Crippen molar-refractivity contribution in [2.24, 2.45) is 0 Å². The number of halogens is 2. The van der Waals surface area contributed by atoms with E-state index in [0.29, 0.717) is 6.42 Å². The standard InChI is InChI=1S/C12H22F2O2/c13-12(14,11-16)9-7-5-3-1-2-4-6-8-10-15/h11,15H,1-10H2. The van der Waals surface area contributed by atoms with Crippen LogP contribution in [0.25, 0.3) is 0 Å². The summed E-state index contributed by atoms with van der Waals surface area (Å²) in [7, 11) is 0. The van der Waals surface area contributed by atoms with Gasteiger partial charge < -0.3 is 5.11 Å². The molecule has 2 nitrogen and oxygen atoms in total. The van der Waals surface area contributed by atoms with Crippen molar-refractivity contribution in [3.63, 3.8) is 0 Å². The Hall–Kier alpha value is -0.510. The summed E-state index contributed by atoms with van der Waals surface area (Å²) in [6.45, 7) is 0.251. The number of carbonyl (C=O) groups is 1. The van der Waals surface area contributed by atoms with Crippen LogP contribution in [0.1, 0.15) is 57.8 Å². The van der Waals surface area contributed by atoms with Crippen molar-refractivity contribution in [2.75, 3.05) is 6.61 Å². The number of carbonyl (C=O) groups excluding carboxylic acids is 1. The minimum Gasteiger partial charge on any atom is -0.396 e. The minimum atomic E-state index is -3.12. The first-order chi connectivity index (χ1) is 7.62. The van der Waals surface area contributed by atoms with Crippen molar-refractivity contribution >= 4 is 6.29 Å². The molecular weight excluding hydrogens is 214 g/mol. The summed E-state index contributed by atoms with van der Waals surface area (Å²) in [4.78, 5) is 9.92. The lowest BCUT2D eigenvalue weighted by molar-refractivity contribution is -0.130. The SMILES string of the molecule is O=CC(F)(F)CCCCCCCCCCO. The maximum absolute atomic E-state index is 12.5. The van der Waals surface area contributed by atoms with Crippen LogP contribution in [0.15, 0.2) is 0 Å². The van der Waals surface area contributed by atoms with Gasteiger partial charge in [0.05, 0.1) is 0 Å². The van der Waals surface area contributed by atoms with E-state index in [1.54, 1.807) is 0 Å². The first kappa shape index (κ1) is 15.5. The molecule has 0 amide bonds. The molecule has 4 heteroatoms. The lowest BCUT2D eigenvalue weighted by Gasteiger charge is -2.07. The fraction of sp³-hybridized carbons (Fsp3) is 0.917. The number of aliphatic hydroxyl groups excluding tert-OH is 1. The number of hydrogen-bond acceptors (Lipinski definition) is 2. The zero-order valence-electron chi connectivity index (χ0n) is 9.76. The average Bonchev–Trinajstić information content (AvgIpc) is 2.27. The van der Waals surface area contributed by atoms with E-state index in [4.69, 9.17) is 5.11 Å². The van der Waals surface area contributed by atoms with Gasteiger partial charge in [-0.15, -0.1) is 0 Å². The second-order valence-corrected chi connectivity index (χ2v) is 4.18. The zero-order valence-corrected chi connectivity index (χ0v) is 9.76. The molecule has 96 valence electrons. The van der Waals surface area contributed by atoms with Crippen LogP contribution in [-0.2, 0) is 4.79 Å². The third kappa shape index (κ3) is 10.0. The Morgan fingerprint density at radius 2 is 1.31 bits per heavy atom. The van der Waals surface area contributed by atoms with Gasteiger partial charge >= 0.3 is 5.92 Å². The molecule has 0 aliphatic carbocycles. The number of aldehydes is 1. The number of rotatable bonds is 11. The van der Waals surface area contributed by atoms with Gasteiger partial charge in [0.2, 0.25) is 0 Å². The predicted octanol–water partition coefficient (Wildman–Crippen LogP) is 3.32. The Morgan fingerprint density at radius 1 is 0.875 bits per heavy atom. The Bertz CT molecular complexity index is 172. The molecule has 0 aromatic heterocycles. The Balaban J connectivity index is 3.13. The van der Waals surface area contributed by atoms with Crippen molar-refractivity contribution in [3.05, 3.63) is 0 Å². The molecule has 0 aromatic carbocycles. The van der Waals surface area contributed by atoms with E-state index in [1.807, 2.05) is 0 Å². The topological polar surface area (TPSA) is 37.3 Å². The smallest absolute Gasteiger partial charge is 0.302 e. The van der Waals surface area contributed by atoms with E-state index < -0.39 is 5.92 Å². The first-order valence-corrected chi connectivity index (χ1v) is 6.07. The molecule has 0 heterocycles. The summed E-state index contributed by atoms with van der Waals surface area (Å²) < 4.78 is 25.0. The number of hydrogen-bond donors (Lipinski definition) is 1. The monoisotopic (exact) mass is 236 g/mol.